The van der Waals surface area contributed by atoms with Crippen LogP contribution in [0.5, 0.6) is 0 Å². The first-order chi connectivity index (χ1) is 10.0. The Kier molecular flexibility index (Phi) is 5.30. The van der Waals surface area contributed by atoms with E-state index in [2.05, 4.69) is 34.4 Å². The Morgan fingerprint density at radius 3 is 2.76 bits per heavy atom. The lowest BCUT2D eigenvalue weighted by Gasteiger charge is -2.43. The Labute approximate surface area is 125 Å². The number of carbonyl (C=O) groups excluding carboxylic acids is 1. The molecule has 1 atom stereocenters. The highest BCUT2D eigenvalue weighted by Gasteiger charge is 2.35. The van der Waals surface area contributed by atoms with Gasteiger partial charge < -0.3 is 15.0 Å². The fourth-order valence-corrected chi connectivity index (χ4v) is 2.65. The van der Waals surface area contributed by atoms with Crippen LogP contribution in [-0.2, 0) is 16.1 Å². The summed E-state index contributed by atoms with van der Waals surface area (Å²) in [6.07, 6.45) is 4.99. The summed E-state index contributed by atoms with van der Waals surface area (Å²) in [5.74, 6) is -0.0797. The molecule has 1 aromatic heterocycles. The second-order valence-corrected chi connectivity index (χ2v) is 5.97. The molecule has 1 amide bonds. The smallest absolute Gasteiger partial charge is 0.224 e. The second-order valence-electron chi connectivity index (χ2n) is 5.97. The minimum absolute atomic E-state index is 0.000878. The summed E-state index contributed by atoms with van der Waals surface area (Å²) < 4.78 is 7.12. The normalized spacial score (nSPS) is 19.4. The lowest BCUT2D eigenvalue weighted by Crippen LogP contribution is -2.56. The Morgan fingerprint density at radius 2 is 2.19 bits per heavy atom. The first-order valence-corrected chi connectivity index (χ1v) is 7.39. The number of ether oxygens (including phenoxy) is 1. The SMILES string of the molecule is C[C@H](Cn1cncn1)C(=O)NCC1(N(C)C)CCOCC1. The number of amides is 1. The maximum atomic E-state index is 12.3. The van der Waals surface area contributed by atoms with Gasteiger partial charge in [-0.15, -0.1) is 0 Å². The molecule has 0 bridgehead atoms. The summed E-state index contributed by atoms with van der Waals surface area (Å²) in [4.78, 5) is 18.3. The van der Waals surface area contributed by atoms with Crippen LogP contribution in [0.15, 0.2) is 12.7 Å². The Hall–Kier alpha value is -1.47. The number of likely N-dealkylation sites (N-methyl/N-ethyl adjacent to an activating group) is 1. The molecule has 0 radical (unpaired) electrons. The molecule has 0 spiro atoms. The predicted molar refractivity (Wildman–Crippen MR) is 78.7 cm³/mol. The maximum absolute atomic E-state index is 12.3. The number of rotatable bonds is 6. The average molecular weight is 295 g/mol. The Balaban J connectivity index is 1.86. The molecule has 1 N–H and O–H groups in total. The zero-order valence-electron chi connectivity index (χ0n) is 13.1. The third kappa shape index (κ3) is 4.01. The van der Waals surface area contributed by atoms with Gasteiger partial charge in [0.15, 0.2) is 0 Å². The molecule has 0 unspecified atom stereocenters. The summed E-state index contributed by atoms with van der Waals surface area (Å²) in [6.45, 7) is 4.61. The van der Waals surface area contributed by atoms with Gasteiger partial charge in [0.1, 0.15) is 12.7 Å². The first-order valence-electron chi connectivity index (χ1n) is 7.39. The van der Waals surface area contributed by atoms with Gasteiger partial charge in [0.05, 0.1) is 12.5 Å². The number of nitrogens with zero attached hydrogens (tertiary/aromatic N) is 4. The summed E-state index contributed by atoms with van der Waals surface area (Å²) in [6, 6.07) is 0. The van der Waals surface area contributed by atoms with Crippen molar-refractivity contribution in [3.05, 3.63) is 12.7 Å². The molecule has 1 aromatic rings. The molecular weight excluding hydrogens is 270 g/mol. The van der Waals surface area contributed by atoms with Gasteiger partial charge in [-0.3, -0.25) is 9.48 Å². The van der Waals surface area contributed by atoms with Crippen molar-refractivity contribution in [3.63, 3.8) is 0 Å². The lowest BCUT2D eigenvalue weighted by atomic mass is 9.88. The molecule has 0 aromatic carbocycles. The molecule has 7 heteroatoms. The average Bonchev–Trinajstić information content (AvgIpc) is 2.98. The molecule has 0 saturated carbocycles. The largest absolute Gasteiger partial charge is 0.381 e. The van der Waals surface area contributed by atoms with Crippen molar-refractivity contribution in [3.8, 4) is 0 Å². The number of nitrogens with one attached hydrogen (secondary N) is 1. The lowest BCUT2D eigenvalue weighted by molar-refractivity contribution is -0.126. The van der Waals surface area contributed by atoms with Crippen LogP contribution in [0.3, 0.4) is 0 Å². The zero-order valence-corrected chi connectivity index (χ0v) is 13.1. The van der Waals surface area contributed by atoms with Crippen LogP contribution < -0.4 is 5.32 Å². The first kappa shape index (κ1) is 15.9. The molecule has 1 aliphatic rings. The van der Waals surface area contributed by atoms with Gasteiger partial charge in [-0.05, 0) is 26.9 Å². The Bertz CT molecular complexity index is 440. The number of hydrogen-bond acceptors (Lipinski definition) is 5. The van der Waals surface area contributed by atoms with Gasteiger partial charge in [-0.2, -0.15) is 5.10 Å². The van der Waals surface area contributed by atoms with E-state index in [0.717, 1.165) is 26.1 Å². The van der Waals surface area contributed by atoms with Crippen LogP contribution in [0.25, 0.3) is 0 Å². The molecule has 1 fully saturated rings. The van der Waals surface area contributed by atoms with Gasteiger partial charge in [0, 0.05) is 25.3 Å². The monoisotopic (exact) mass is 295 g/mol. The summed E-state index contributed by atoms with van der Waals surface area (Å²) >= 11 is 0. The van der Waals surface area contributed by atoms with Crippen molar-refractivity contribution in [1.29, 1.82) is 0 Å². The highest BCUT2D eigenvalue weighted by molar-refractivity contribution is 5.78. The molecule has 7 nitrogen and oxygen atoms in total. The number of carbonyl (C=O) groups is 1. The molecule has 1 saturated heterocycles. The van der Waals surface area contributed by atoms with Crippen LogP contribution in [-0.4, -0.2) is 65.0 Å². The molecular formula is C14H25N5O2. The van der Waals surface area contributed by atoms with Crippen molar-refractivity contribution >= 4 is 5.91 Å². The molecule has 2 heterocycles. The topological polar surface area (TPSA) is 72.3 Å². The van der Waals surface area contributed by atoms with Gasteiger partial charge >= 0.3 is 0 Å². The maximum Gasteiger partial charge on any atom is 0.224 e. The van der Waals surface area contributed by atoms with Crippen LogP contribution >= 0.6 is 0 Å². The van der Waals surface area contributed by atoms with Crippen LogP contribution in [0.1, 0.15) is 19.8 Å². The van der Waals surface area contributed by atoms with Gasteiger partial charge in [0.2, 0.25) is 5.91 Å². The van der Waals surface area contributed by atoms with E-state index < -0.39 is 0 Å². The van der Waals surface area contributed by atoms with E-state index in [9.17, 15) is 4.79 Å². The highest BCUT2D eigenvalue weighted by atomic mass is 16.5. The predicted octanol–water partition coefficient (Wildman–Crippen LogP) is 0.141. The van der Waals surface area contributed by atoms with Gasteiger partial charge in [-0.25, -0.2) is 4.98 Å². The van der Waals surface area contributed by atoms with Gasteiger partial charge in [0.25, 0.3) is 0 Å². The van der Waals surface area contributed by atoms with E-state index in [0.29, 0.717) is 13.1 Å². The van der Waals surface area contributed by atoms with Crippen molar-refractivity contribution < 1.29 is 9.53 Å². The van der Waals surface area contributed by atoms with E-state index in [-0.39, 0.29) is 17.4 Å². The fourth-order valence-electron chi connectivity index (χ4n) is 2.65. The Morgan fingerprint density at radius 1 is 1.48 bits per heavy atom. The molecule has 0 aliphatic carbocycles. The third-order valence-electron chi connectivity index (χ3n) is 4.34. The highest BCUT2D eigenvalue weighted by Crippen LogP contribution is 2.25. The summed E-state index contributed by atoms with van der Waals surface area (Å²) in [5.41, 5.74) is 0.000878. The summed E-state index contributed by atoms with van der Waals surface area (Å²) in [5, 5.41) is 7.12. The van der Waals surface area contributed by atoms with E-state index in [1.165, 1.54) is 6.33 Å². The number of hydrogen-bond donors (Lipinski definition) is 1. The number of aromatic nitrogens is 3. The van der Waals surface area contributed by atoms with Crippen molar-refractivity contribution in [1.82, 2.24) is 25.0 Å². The summed E-state index contributed by atoms with van der Waals surface area (Å²) in [7, 11) is 4.13. The van der Waals surface area contributed by atoms with Crippen LogP contribution in [0.2, 0.25) is 0 Å². The standard InChI is InChI=1S/C14H25N5O2/c1-12(8-19-11-15-10-17-19)13(20)16-9-14(18(2)3)4-6-21-7-5-14/h10-12H,4-9H2,1-3H3,(H,16,20)/t12-/m1/s1. The minimum Gasteiger partial charge on any atom is -0.381 e. The van der Waals surface area contributed by atoms with E-state index in [1.54, 1.807) is 11.0 Å². The van der Waals surface area contributed by atoms with E-state index >= 15 is 0 Å². The molecule has 1 aliphatic heterocycles. The van der Waals surface area contributed by atoms with E-state index in [1.807, 2.05) is 6.92 Å². The van der Waals surface area contributed by atoms with Crippen LogP contribution in [0, 0.1) is 5.92 Å². The quantitative estimate of drug-likeness (QED) is 0.808. The van der Waals surface area contributed by atoms with Crippen molar-refractivity contribution in [2.75, 3.05) is 33.9 Å². The van der Waals surface area contributed by atoms with Crippen molar-refractivity contribution in [2.24, 2.45) is 5.92 Å². The molecule has 118 valence electrons. The van der Waals surface area contributed by atoms with Crippen LogP contribution in [0.4, 0.5) is 0 Å². The second kappa shape index (κ2) is 7.00. The third-order valence-corrected chi connectivity index (χ3v) is 4.34. The molecule has 21 heavy (non-hydrogen) atoms. The van der Waals surface area contributed by atoms with Gasteiger partial charge in [-0.1, -0.05) is 6.92 Å². The molecule has 2 rings (SSSR count). The minimum atomic E-state index is -0.134. The zero-order chi connectivity index (χ0) is 15.3. The fraction of sp³-hybridized carbons (Fsp3) is 0.786. The van der Waals surface area contributed by atoms with E-state index in [4.69, 9.17) is 4.74 Å². The van der Waals surface area contributed by atoms with Crippen molar-refractivity contribution in [2.45, 2.75) is 31.8 Å².